The first kappa shape index (κ1) is 13.2. The molecule has 0 aliphatic carbocycles. The summed E-state index contributed by atoms with van der Waals surface area (Å²) in [7, 11) is 6.44. The van der Waals surface area contributed by atoms with Gasteiger partial charge in [-0.2, -0.15) is 0 Å². The number of aromatic nitrogens is 1. The maximum atomic E-state index is 5.50. The van der Waals surface area contributed by atoms with E-state index in [-0.39, 0.29) is 12.4 Å². The number of pyridine rings is 1. The van der Waals surface area contributed by atoms with Gasteiger partial charge in [-0.15, -0.1) is 0 Å². The van der Waals surface area contributed by atoms with Crippen LogP contribution in [0.4, 0.5) is 0 Å². The highest BCUT2D eigenvalue weighted by Gasteiger charge is 2.05. The van der Waals surface area contributed by atoms with E-state index in [1.165, 1.54) is 0 Å². The second-order valence-electron chi connectivity index (χ2n) is 4.05. The predicted octanol–water partition coefficient (Wildman–Crippen LogP) is -1.83. The van der Waals surface area contributed by atoms with Gasteiger partial charge in [-0.1, -0.05) is 0 Å². The molecular weight excluding hydrogens is 200 g/mol. The molecule has 1 aromatic heterocycles. The topological polar surface area (TPSA) is 22.1 Å². The average molecular weight is 217 g/mol. The van der Waals surface area contributed by atoms with E-state index in [0.717, 1.165) is 23.4 Å². The van der Waals surface area contributed by atoms with Crippen LogP contribution in [-0.4, -0.2) is 43.8 Å². The van der Waals surface area contributed by atoms with Crippen LogP contribution in [0.25, 0.3) is 0 Å². The van der Waals surface area contributed by atoms with E-state index < -0.39 is 0 Å². The highest BCUT2D eigenvalue weighted by molar-refractivity contribution is 5.15. The molecule has 0 aromatic carbocycles. The molecule has 4 heteroatoms. The van der Waals surface area contributed by atoms with Gasteiger partial charge in [0.2, 0.25) is 0 Å². The van der Waals surface area contributed by atoms with Crippen LogP contribution in [0.3, 0.4) is 0 Å². The third-order valence-corrected chi connectivity index (χ3v) is 1.67. The Morgan fingerprint density at radius 2 is 2.07 bits per heavy atom. The second-order valence-corrected chi connectivity index (χ2v) is 4.05. The zero-order valence-corrected chi connectivity index (χ0v) is 9.66. The molecule has 0 amide bonds. The van der Waals surface area contributed by atoms with Gasteiger partial charge < -0.3 is 21.6 Å². The maximum Gasteiger partial charge on any atom is 0.137 e. The van der Waals surface area contributed by atoms with Crippen molar-refractivity contribution in [3.8, 4) is 5.75 Å². The summed E-state index contributed by atoms with van der Waals surface area (Å²) in [5, 5.41) is 0. The van der Waals surface area contributed by atoms with Gasteiger partial charge in [-0.25, -0.2) is 0 Å². The number of hydrogen-bond acceptors (Lipinski definition) is 2. The van der Waals surface area contributed by atoms with Crippen molar-refractivity contribution in [2.24, 2.45) is 0 Å². The van der Waals surface area contributed by atoms with E-state index in [9.17, 15) is 0 Å². The van der Waals surface area contributed by atoms with E-state index >= 15 is 0 Å². The van der Waals surface area contributed by atoms with Crippen LogP contribution in [0.2, 0.25) is 0 Å². The van der Waals surface area contributed by atoms with Gasteiger partial charge in [0.05, 0.1) is 27.3 Å². The molecule has 1 heterocycles. The molecule has 0 unspecified atom stereocenters. The Hall–Kier alpha value is -0.800. The van der Waals surface area contributed by atoms with Gasteiger partial charge in [-0.05, 0) is 12.1 Å². The summed E-state index contributed by atoms with van der Waals surface area (Å²) in [6, 6.07) is 3.80. The summed E-state index contributed by atoms with van der Waals surface area (Å²) in [6.45, 7) is 1.73. The first-order chi connectivity index (χ1) is 6.08. The Morgan fingerprint density at radius 1 is 1.36 bits per heavy atom. The molecule has 0 radical (unpaired) electrons. The summed E-state index contributed by atoms with van der Waals surface area (Å²) < 4.78 is 6.42. The van der Waals surface area contributed by atoms with Crippen molar-refractivity contribution in [2.45, 2.75) is 0 Å². The van der Waals surface area contributed by atoms with E-state index in [1.54, 1.807) is 12.4 Å². The standard InChI is InChI=1S/C10H17N2O.ClH/c1-12(2,3)7-8-13-10-5-4-6-11-9-10;/h4-6,9H,7-8H2,1-3H3;1H/q+1;/p-1. The van der Waals surface area contributed by atoms with Crippen LogP contribution in [-0.2, 0) is 0 Å². The van der Waals surface area contributed by atoms with Crippen molar-refractivity contribution in [1.29, 1.82) is 0 Å². The molecule has 3 nitrogen and oxygen atoms in total. The lowest BCUT2D eigenvalue weighted by molar-refractivity contribution is -0.870. The van der Waals surface area contributed by atoms with Gasteiger partial charge in [0, 0.05) is 6.20 Å². The second kappa shape index (κ2) is 5.83. The molecule has 0 N–H and O–H groups in total. The maximum absolute atomic E-state index is 5.50. The van der Waals surface area contributed by atoms with Gasteiger partial charge in [0.25, 0.3) is 0 Å². The quantitative estimate of drug-likeness (QED) is 0.553. The minimum atomic E-state index is 0. The van der Waals surface area contributed by atoms with Crippen molar-refractivity contribution >= 4 is 0 Å². The monoisotopic (exact) mass is 216 g/mol. The molecule has 0 atom stereocenters. The lowest BCUT2D eigenvalue weighted by atomic mass is 10.4. The smallest absolute Gasteiger partial charge is 0.137 e. The van der Waals surface area contributed by atoms with Gasteiger partial charge in [0.1, 0.15) is 18.9 Å². The summed E-state index contributed by atoms with van der Waals surface area (Å²) in [6.07, 6.45) is 3.47. The predicted molar refractivity (Wildman–Crippen MR) is 52.6 cm³/mol. The lowest BCUT2D eigenvalue weighted by Crippen LogP contribution is -3.00. The molecule has 1 aromatic rings. The zero-order valence-electron chi connectivity index (χ0n) is 8.90. The van der Waals surface area contributed by atoms with Crippen molar-refractivity contribution < 1.29 is 21.6 Å². The molecule has 80 valence electrons. The Bertz CT molecular complexity index is 246. The van der Waals surface area contributed by atoms with Crippen LogP contribution in [0.5, 0.6) is 5.75 Å². The van der Waals surface area contributed by atoms with Crippen molar-refractivity contribution in [2.75, 3.05) is 34.3 Å². The fourth-order valence-electron chi connectivity index (χ4n) is 0.870. The molecular formula is C10H17ClN2O. The number of rotatable bonds is 4. The number of hydrogen-bond donors (Lipinski definition) is 0. The lowest BCUT2D eigenvalue weighted by Gasteiger charge is -2.23. The molecule has 1 rings (SSSR count). The number of halogens is 1. The van der Waals surface area contributed by atoms with Crippen LogP contribution in [0.1, 0.15) is 0 Å². The first-order valence-electron chi connectivity index (χ1n) is 4.41. The van der Waals surface area contributed by atoms with E-state index in [1.807, 2.05) is 12.1 Å². The largest absolute Gasteiger partial charge is 1.00 e. The van der Waals surface area contributed by atoms with Crippen molar-refractivity contribution in [3.63, 3.8) is 0 Å². The Balaban J connectivity index is 0.00000169. The molecule has 0 spiro atoms. The Morgan fingerprint density at radius 3 is 2.57 bits per heavy atom. The van der Waals surface area contributed by atoms with Crippen LogP contribution < -0.4 is 17.1 Å². The molecule has 0 aliphatic rings. The van der Waals surface area contributed by atoms with Crippen LogP contribution >= 0.6 is 0 Å². The number of quaternary nitrogens is 1. The van der Waals surface area contributed by atoms with E-state index in [4.69, 9.17) is 4.74 Å². The summed E-state index contributed by atoms with van der Waals surface area (Å²) in [5.41, 5.74) is 0. The van der Waals surface area contributed by atoms with Gasteiger partial charge in [0.15, 0.2) is 0 Å². The van der Waals surface area contributed by atoms with E-state index in [0.29, 0.717) is 0 Å². The van der Waals surface area contributed by atoms with Crippen molar-refractivity contribution in [1.82, 2.24) is 4.98 Å². The summed E-state index contributed by atoms with van der Waals surface area (Å²) in [4.78, 5) is 3.97. The van der Waals surface area contributed by atoms with Crippen molar-refractivity contribution in [3.05, 3.63) is 24.5 Å². The number of nitrogens with zero attached hydrogens (tertiary/aromatic N) is 2. The van der Waals surface area contributed by atoms with E-state index in [2.05, 4.69) is 26.1 Å². The normalized spacial score (nSPS) is 10.5. The van der Waals surface area contributed by atoms with Crippen LogP contribution in [0, 0.1) is 0 Å². The minimum Gasteiger partial charge on any atom is -1.00 e. The Labute approximate surface area is 91.7 Å². The van der Waals surface area contributed by atoms with Gasteiger partial charge in [-0.3, -0.25) is 4.98 Å². The SMILES string of the molecule is C[N+](C)(C)CCOc1cccnc1.[Cl-]. The van der Waals surface area contributed by atoms with Crippen LogP contribution in [0.15, 0.2) is 24.5 Å². The summed E-state index contributed by atoms with van der Waals surface area (Å²) in [5.74, 6) is 0.843. The third-order valence-electron chi connectivity index (χ3n) is 1.67. The highest BCUT2D eigenvalue weighted by Crippen LogP contribution is 2.05. The highest BCUT2D eigenvalue weighted by atomic mass is 35.5. The number of likely N-dealkylation sites (N-methyl/N-ethyl adjacent to an activating group) is 1. The zero-order chi connectivity index (χ0) is 9.73. The first-order valence-corrected chi connectivity index (χ1v) is 4.41. The fraction of sp³-hybridized carbons (Fsp3) is 0.500. The molecule has 0 fully saturated rings. The molecule has 14 heavy (non-hydrogen) atoms. The average Bonchev–Trinajstić information content (AvgIpc) is 2.04. The number of ether oxygens (including phenoxy) is 1. The fourth-order valence-corrected chi connectivity index (χ4v) is 0.870. The Kier molecular flexibility index (Phi) is 5.50. The molecule has 0 bridgehead atoms. The molecule has 0 saturated heterocycles. The summed E-state index contributed by atoms with van der Waals surface area (Å²) >= 11 is 0. The molecule has 0 aliphatic heterocycles. The van der Waals surface area contributed by atoms with Gasteiger partial charge >= 0.3 is 0 Å². The third kappa shape index (κ3) is 5.78. The molecule has 0 saturated carbocycles. The minimum absolute atomic E-state index is 0.